The molecular formula is C21H31IN6O. The van der Waals surface area contributed by atoms with Crippen molar-refractivity contribution >= 4 is 35.9 Å². The van der Waals surface area contributed by atoms with Crippen molar-refractivity contribution in [2.45, 2.75) is 19.4 Å². The van der Waals surface area contributed by atoms with Crippen molar-refractivity contribution in [3.05, 3.63) is 54.4 Å². The monoisotopic (exact) mass is 510 g/mol. The maximum atomic E-state index is 5.94. The van der Waals surface area contributed by atoms with Gasteiger partial charge in [0.1, 0.15) is 0 Å². The summed E-state index contributed by atoms with van der Waals surface area (Å²) in [5.74, 6) is 1.75. The highest BCUT2D eigenvalue weighted by Crippen LogP contribution is 2.15. The molecule has 0 saturated carbocycles. The van der Waals surface area contributed by atoms with Gasteiger partial charge in [-0.25, -0.2) is 9.97 Å². The van der Waals surface area contributed by atoms with Crippen molar-refractivity contribution in [2.24, 2.45) is 4.99 Å². The largest absolute Gasteiger partial charge is 0.374 e. The van der Waals surface area contributed by atoms with Crippen LogP contribution >= 0.6 is 24.0 Å². The highest BCUT2D eigenvalue weighted by atomic mass is 127. The lowest BCUT2D eigenvalue weighted by atomic mass is 10.1. The molecule has 3 rings (SSSR count). The normalized spacial score (nSPS) is 15.6. The average Bonchev–Trinajstić information content (AvgIpc) is 2.77. The van der Waals surface area contributed by atoms with Crippen LogP contribution in [0.4, 0.5) is 5.95 Å². The minimum Gasteiger partial charge on any atom is -0.374 e. The first-order valence-corrected chi connectivity index (χ1v) is 9.92. The van der Waals surface area contributed by atoms with Gasteiger partial charge in [0.2, 0.25) is 5.95 Å². The number of anilines is 1. The molecule has 1 unspecified atom stereocenters. The second kappa shape index (κ2) is 12.6. The maximum Gasteiger partial charge on any atom is 0.225 e. The molecule has 2 aromatic rings. The first-order chi connectivity index (χ1) is 13.8. The van der Waals surface area contributed by atoms with Crippen molar-refractivity contribution in [3.63, 3.8) is 0 Å². The lowest BCUT2D eigenvalue weighted by Gasteiger charge is -2.36. The van der Waals surface area contributed by atoms with Crippen LogP contribution in [0.25, 0.3) is 0 Å². The number of nitrogens with zero attached hydrogens (tertiary/aromatic N) is 5. The van der Waals surface area contributed by atoms with Crippen LogP contribution in [0.5, 0.6) is 0 Å². The van der Waals surface area contributed by atoms with Gasteiger partial charge >= 0.3 is 0 Å². The molecule has 0 spiro atoms. The first-order valence-electron chi connectivity index (χ1n) is 9.92. The van der Waals surface area contributed by atoms with Crippen LogP contribution in [-0.4, -0.2) is 67.2 Å². The van der Waals surface area contributed by atoms with Crippen molar-refractivity contribution in [3.8, 4) is 0 Å². The molecule has 1 aromatic heterocycles. The van der Waals surface area contributed by atoms with Crippen LogP contribution in [0.1, 0.15) is 25.0 Å². The van der Waals surface area contributed by atoms with E-state index in [4.69, 9.17) is 4.74 Å². The Morgan fingerprint density at radius 2 is 1.79 bits per heavy atom. The topological polar surface area (TPSA) is 65.9 Å². The molecule has 0 aliphatic carbocycles. The summed E-state index contributed by atoms with van der Waals surface area (Å²) in [6, 6.07) is 12.2. The van der Waals surface area contributed by atoms with Crippen molar-refractivity contribution in [2.75, 3.05) is 51.3 Å². The van der Waals surface area contributed by atoms with E-state index in [0.717, 1.165) is 57.7 Å². The fraction of sp³-hybridized carbons (Fsp3) is 0.476. The molecule has 0 bridgehead atoms. The van der Waals surface area contributed by atoms with Gasteiger partial charge in [0, 0.05) is 58.8 Å². The number of piperazine rings is 1. The summed E-state index contributed by atoms with van der Waals surface area (Å²) < 4.78 is 5.94. The van der Waals surface area contributed by atoms with E-state index in [1.54, 1.807) is 12.4 Å². The van der Waals surface area contributed by atoms with Gasteiger partial charge in [0.05, 0.1) is 6.10 Å². The zero-order chi connectivity index (χ0) is 19.6. The molecule has 1 aliphatic rings. The van der Waals surface area contributed by atoms with Gasteiger partial charge < -0.3 is 19.9 Å². The van der Waals surface area contributed by atoms with E-state index in [1.165, 1.54) is 5.56 Å². The van der Waals surface area contributed by atoms with E-state index in [2.05, 4.69) is 49.1 Å². The minimum atomic E-state index is 0. The number of nitrogens with one attached hydrogen (secondary N) is 1. The smallest absolute Gasteiger partial charge is 0.225 e. The fourth-order valence-corrected chi connectivity index (χ4v) is 3.26. The molecule has 1 aliphatic heterocycles. The number of aromatic nitrogens is 2. The Hall–Kier alpha value is -1.94. The Kier molecular flexibility index (Phi) is 10.1. The molecule has 0 radical (unpaired) electrons. The quantitative estimate of drug-likeness (QED) is 0.268. The molecule has 7 nitrogen and oxygen atoms in total. The van der Waals surface area contributed by atoms with Crippen molar-refractivity contribution < 1.29 is 4.74 Å². The summed E-state index contributed by atoms with van der Waals surface area (Å²) >= 11 is 0. The Morgan fingerprint density at radius 1 is 1.10 bits per heavy atom. The predicted molar refractivity (Wildman–Crippen MR) is 128 cm³/mol. The molecule has 1 fully saturated rings. The SMILES string of the molecule is CN=C(NCCCOC(C)c1ccccc1)N1CCN(c2ncccn2)CC1.I. The predicted octanol–water partition coefficient (Wildman–Crippen LogP) is 2.96. The Balaban J connectivity index is 0.00000300. The van der Waals surface area contributed by atoms with Crippen LogP contribution in [0.3, 0.4) is 0 Å². The van der Waals surface area contributed by atoms with Gasteiger partial charge in [-0.2, -0.15) is 0 Å². The van der Waals surface area contributed by atoms with Gasteiger partial charge in [-0.1, -0.05) is 30.3 Å². The molecule has 158 valence electrons. The molecule has 1 aromatic carbocycles. The summed E-state index contributed by atoms with van der Waals surface area (Å²) in [5.41, 5.74) is 1.21. The Labute approximate surface area is 190 Å². The van der Waals surface area contributed by atoms with Crippen LogP contribution in [0, 0.1) is 0 Å². The number of benzene rings is 1. The second-order valence-electron chi connectivity index (χ2n) is 6.77. The standard InChI is InChI=1S/C21H30N6O.HI/c1-18(19-8-4-3-5-9-19)28-17-7-12-23-20(22-2)26-13-15-27(16-14-26)21-24-10-6-11-25-21;/h3-6,8-11,18H,7,12-17H2,1-2H3,(H,22,23);1H. The zero-order valence-corrected chi connectivity index (χ0v) is 19.5. The molecule has 1 N–H and O–H groups in total. The second-order valence-corrected chi connectivity index (χ2v) is 6.77. The third kappa shape index (κ3) is 7.11. The highest BCUT2D eigenvalue weighted by molar-refractivity contribution is 14.0. The Bertz CT molecular complexity index is 722. The van der Waals surface area contributed by atoms with E-state index in [0.29, 0.717) is 0 Å². The van der Waals surface area contributed by atoms with Gasteiger partial charge in [-0.15, -0.1) is 24.0 Å². The van der Waals surface area contributed by atoms with Gasteiger partial charge in [0.25, 0.3) is 0 Å². The summed E-state index contributed by atoms with van der Waals surface area (Å²) in [6.45, 7) is 7.25. The number of hydrogen-bond donors (Lipinski definition) is 1. The lowest BCUT2D eigenvalue weighted by Crippen LogP contribution is -2.53. The van der Waals surface area contributed by atoms with E-state index in [1.807, 2.05) is 31.3 Å². The van der Waals surface area contributed by atoms with Gasteiger partial charge in [-0.3, -0.25) is 4.99 Å². The number of guanidine groups is 1. The van der Waals surface area contributed by atoms with Gasteiger partial charge in [-0.05, 0) is 25.0 Å². The molecular weight excluding hydrogens is 479 g/mol. The van der Waals surface area contributed by atoms with Crippen LogP contribution in [-0.2, 0) is 4.74 Å². The van der Waals surface area contributed by atoms with E-state index in [-0.39, 0.29) is 30.1 Å². The molecule has 0 amide bonds. The van der Waals surface area contributed by atoms with Crippen molar-refractivity contribution in [1.29, 1.82) is 0 Å². The fourth-order valence-electron chi connectivity index (χ4n) is 3.26. The maximum absolute atomic E-state index is 5.94. The molecule has 29 heavy (non-hydrogen) atoms. The van der Waals surface area contributed by atoms with Gasteiger partial charge in [0.15, 0.2) is 5.96 Å². The number of ether oxygens (including phenoxy) is 1. The third-order valence-corrected chi connectivity index (χ3v) is 4.87. The highest BCUT2D eigenvalue weighted by Gasteiger charge is 2.20. The first kappa shape index (κ1) is 23.3. The number of halogens is 1. The lowest BCUT2D eigenvalue weighted by molar-refractivity contribution is 0.0645. The number of hydrogen-bond acceptors (Lipinski definition) is 5. The summed E-state index contributed by atoms with van der Waals surface area (Å²) in [7, 11) is 1.84. The number of aliphatic imine (C=N–C) groups is 1. The summed E-state index contributed by atoms with van der Waals surface area (Å²) in [5, 5.41) is 3.45. The Morgan fingerprint density at radius 3 is 2.45 bits per heavy atom. The van der Waals surface area contributed by atoms with E-state index >= 15 is 0 Å². The third-order valence-electron chi connectivity index (χ3n) is 4.87. The molecule has 8 heteroatoms. The average molecular weight is 510 g/mol. The van der Waals surface area contributed by atoms with E-state index in [9.17, 15) is 0 Å². The molecule has 1 saturated heterocycles. The van der Waals surface area contributed by atoms with Crippen molar-refractivity contribution in [1.82, 2.24) is 20.2 Å². The summed E-state index contributed by atoms with van der Waals surface area (Å²) in [4.78, 5) is 17.6. The molecule has 1 atom stereocenters. The molecule has 2 heterocycles. The minimum absolute atomic E-state index is 0. The van der Waals surface area contributed by atoms with Crippen LogP contribution in [0.15, 0.2) is 53.8 Å². The van der Waals surface area contributed by atoms with Crippen LogP contribution in [0.2, 0.25) is 0 Å². The van der Waals surface area contributed by atoms with Crippen LogP contribution < -0.4 is 10.2 Å². The number of rotatable bonds is 7. The van der Waals surface area contributed by atoms with E-state index < -0.39 is 0 Å². The zero-order valence-electron chi connectivity index (χ0n) is 17.2. The summed E-state index contributed by atoms with van der Waals surface area (Å²) in [6.07, 6.45) is 4.63.